The van der Waals surface area contributed by atoms with E-state index in [0.717, 1.165) is 0 Å². The third-order valence-corrected chi connectivity index (χ3v) is 4.40. The molecular weight excluding hydrogens is 579 g/mol. The Kier molecular flexibility index (Phi) is 15.4. The molecule has 0 spiro atoms. The van der Waals surface area contributed by atoms with Gasteiger partial charge in [-0.3, -0.25) is 4.79 Å². The first-order chi connectivity index (χ1) is 15.2. The second kappa shape index (κ2) is 15.9. The zero-order valence-electron chi connectivity index (χ0n) is 17.0. The molecular formula is C16H19Cl6NO10. The van der Waals surface area contributed by atoms with Gasteiger partial charge in [-0.1, -0.05) is 69.6 Å². The van der Waals surface area contributed by atoms with Crippen molar-refractivity contribution in [1.29, 1.82) is 0 Å². The Bertz CT molecular complexity index is 645. The van der Waals surface area contributed by atoms with Crippen LogP contribution in [0.25, 0.3) is 0 Å². The monoisotopic (exact) mass is 595 g/mol. The minimum Gasteiger partial charge on any atom is -0.461 e. The van der Waals surface area contributed by atoms with Crippen LogP contribution in [0.2, 0.25) is 0 Å². The molecule has 0 radical (unpaired) electrons. The predicted octanol–water partition coefficient (Wildman–Crippen LogP) is 1.46. The van der Waals surface area contributed by atoms with Crippen LogP contribution in [-0.2, 0) is 47.7 Å². The van der Waals surface area contributed by atoms with Crippen LogP contribution in [0.3, 0.4) is 0 Å². The summed E-state index contributed by atoms with van der Waals surface area (Å²) in [6.07, 6.45) is -1.41. The van der Waals surface area contributed by atoms with E-state index in [4.69, 9.17) is 88.6 Å². The van der Waals surface area contributed by atoms with Crippen molar-refractivity contribution in [2.45, 2.75) is 33.1 Å². The molecule has 190 valence electrons. The van der Waals surface area contributed by atoms with Gasteiger partial charge in [-0.05, 0) is 6.92 Å². The molecule has 0 saturated heterocycles. The first kappa shape index (κ1) is 32.0. The third kappa shape index (κ3) is 12.9. The number of nitrogens with one attached hydrogen (secondary N) is 1. The van der Waals surface area contributed by atoms with Gasteiger partial charge in [0, 0.05) is 7.11 Å². The number of hydrogen-bond acceptors (Lipinski definition) is 10. The Labute approximate surface area is 218 Å². The van der Waals surface area contributed by atoms with Gasteiger partial charge in [-0.25, -0.2) is 19.2 Å². The average molecular weight is 598 g/mol. The van der Waals surface area contributed by atoms with E-state index in [9.17, 15) is 24.0 Å². The first-order valence-electron chi connectivity index (χ1n) is 8.59. The van der Waals surface area contributed by atoms with Gasteiger partial charge in [0.05, 0.1) is 0 Å². The van der Waals surface area contributed by atoms with Gasteiger partial charge < -0.3 is 29.0 Å². The van der Waals surface area contributed by atoms with E-state index in [2.05, 4.69) is 10.1 Å². The Morgan fingerprint density at radius 1 is 0.758 bits per heavy atom. The fourth-order valence-electron chi connectivity index (χ4n) is 1.82. The second-order valence-corrected chi connectivity index (χ2v) is 9.35. The van der Waals surface area contributed by atoms with Gasteiger partial charge in [0.25, 0.3) is 5.91 Å². The maximum atomic E-state index is 12.6. The fraction of sp³-hybridized carbons (Fsp3) is 0.688. The van der Waals surface area contributed by atoms with Crippen LogP contribution < -0.4 is 5.32 Å². The molecule has 0 aliphatic rings. The zero-order chi connectivity index (χ0) is 25.8. The smallest absolute Gasteiger partial charge is 0.339 e. The molecule has 0 fully saturated rings. The minimum atomic E-state index is -1.96. The highest BCUT2D eigenvalue weighted by atomic mass is 35.5. The number of hydrogen-bond donors (Lipinski definition) is 1. The van der Waals surface area contributed by atoms with E-state index in [1.807, 2.05) is 0 Å². The number of alkyl halides is 6. The Morgan fingerprint density at radius 3 is 1.42 bits per heavy atom. The Morgan fingerprint density at radius 2 is 1.12 bits per heavy atom. The maximum absolute atomic E-state index is 12.6. The van der Waals surface area contributed by atoms with E-state index in [1.54, 1.807) is 0 Å². The molecule has 0 bridgehead atoms. The van der Waals surface area contributed by atoms with Gasteiger partial charge in [0.2, 0.25) is 14.5 Å². The number of ether oxygens (including phenoxy) is 5. The zero-order valence-corrected chi connectivity index (χ0v) is 21.5. The van der Waals surface area contributed by atoms with Gasteiger partial charge >= 0.3 is 23.9 Å². The molecule has 1 atom stereocenters. The van der Waals surface area contributed by atoms with Gasteiger partial charge in [0.1, 0.15) is 32.0 Å². The predicted molar refractivity (Wildman–Crippen MR) is 118 cm³/mol. The van der Waals surface area contributed by atoms with E-state index < -0.39 is 82.4 Å². The summed E-state index contributed by atoms with van der Waals surface area (Å²) < 4.78 is 24.1. The van der Waals surface area contributed by atoms with E-state index >= 15 is 0 Å². The van der Waals surface area contributed by atoms with Gasteiger partial charge in [-0.15, -0.1) is 0 Å². The highest BCUT2D eigenvalue weighted by molar-refractivity contribution is 6.53. The molecule has 1 amide bonds. The maximum Gasteiger partial charge on any atom is 0.339 e. The average Bonchev–Trinajstić information content (AvgIpc) is 2.73. The number of methoxy groups -OCH3 is 1. The van der Waals surface area contributed by atoms with Crippen LogP contribution in [0.1, 0.15) is 6.92 Å². The van der Waals surface area contributed by atoms with Crippen LogP contribution in [0, 0.1) is 0 Å². The van der Waals surface area contributed by atoms with E-state index in [1.165, 1.54) is 14.0 Å². The third-order valence-electron chi connectivity index (χ3n) is 3.33. The summed E-state index contributed by atoms with van der Waals surface area (Å²) in [4.78, 5) is 54.6. The lowest BCUT2D eigenvalue weighted by Crippen LogP contribution is -2.61. The second-order valence-electron chi connectivity index (χ2n) is 6.06. The van der Waals surface area contributed by atoms with Gasteiger partial charge in [0.15, 0.2) is 6.10 Å². The molecule has 0 aromatic carbocycles. The first-order valence-corrected chi connectivity index (χ1v) is 11.2. The molecule has 33 heavy (non-hydrogen) atoms. The molecule has 1 N–H and O–H groups in total. The van der Waals surface area contributed by atoms with Crippen molar-refractivity contribution in [2.75, 3.05) is 33.5 Å². The number of halogens is 6. The Balaban J connectivity index is 5.83. The van der Waals surface area contributed by atoms with Crippen molar-refractivity contribution in [3.63, 3.8) is 0 Å². The lowest BCUT2D eigenvalue weighted by atomic mass is 10.0. The van der Waals surface area contributed by atoms with Crippen LogP contribution >= 0.6 is 69.6 Å². The molecule has 1 unspecified atom stereocenters. The summed E-state index contributed by atoms with van der Waals surface area (Å²) in [5.74, 6) is -5.28. The summed E-state index contributed by atoms with van der Waals surface area (Å²) in [6, 6.07) is 0. The largest absolute Gasteiger partial charge is 0.461 e. The summed E-state index contributed by atoms with van der Waals surface area (Å²) in [6.45, 7) is -1.62. The SMILES string of the molecule is COCC(=O)OC(C)C(=O)NC(COC(=O)C(Cl)Cl)(COC(=O)C(Cl)Cl)COC(=O)C(Cl)Cl. The highest BCUT2D eigenvalue weighted by Crippen LogP contribution is 2.16. The lowest BCUT2D eigenvalue weighted by Gasteiger charge is -2.34. The molecule has 0 aliphatic carbocycles. The molecule has 0 rings (SSSR count). The summed E-state index contributed by atoms with van der Waals surface area (Å²) >= 11 is 32.6. The number of carbonyl (C=O) groups is 5. The number of esters is 4. The number of rotatable bonds is 14. The Hall–Kier alpha value is -0.950. The molecule has 0 heterocycles. The lowest BCUT2D eigenvalue weighted by molar-refractivity contribution is -0.162. The van der Waals surface area contributed by atoms with Crippen molar-refractivity contribution in [3.8, 4) is 0 Å². The summed E-state index contributed by atoms with van der Waals surface area (Å²) in [5.41, 5.74) is -1.96. The highest BCUT2D eigenvalue weighted by Gasteiger charge is 2.40. The molecule has 0 aromatic heterocycles. The number of amides is 1. The molecule has 0 saturated carbocycles. The van der Waals surface area contributed by atoms with Crippen LogP contribution in [-0.4, -0.2) is 89.5 Å². The number of carbonyl (C=O) groups excluding carboxylic acids is 5. The van der Waals surface area contributed by atoms with Crippen LogP contribution in [0.4, 0.5) is 0 Å². The minimum absolute atomic E-state index is 0.442. The normalized spacial score (nSPS) is 12.3. The summed E-state index contributed by atoms with van der Waals surface area (Å²) in [5, 5.41) is 2.31. The van der Waals surface area contributed by atoms with E-state index in [0.29, 0.717) is 0 Å². The molecule has 11 nitrogen and oxygen atoms in total. The van der Waals surface area contributed by atoms with Crippen LogP contribution in [0.15, 0.2) is 0 Å². The molecule has 17 heteroatoms. The van der Waals surface area contributed by atoms with Crippen molar-refractivity contribution >= 4 is 99.4 Å². The van der Waals surface area contributed by atoms with Crippen molar-refractivity contribution in [3.05, 3.63) is 0 Å². The molecule has 0 aromatic rings. The van der Waals surface area contributed by atoms with Gasteiger partial charge in [-0.2, -0.15) is 0 Å². The van der Waals surface area contributed by atoms with Crippen molar-refractivity contribution in [2.24, 2.45) is 0 Å². The van der Waals surface area contributed by atoms with Crippen molar-refractivity contribution in [1.82, 2.24) is 5.32 Å². The summed E-state index contributed by atoms with van der Waals surface area (Å²) in [7, 11) is 1.23. The molecule has 0 aliphatic heterocycles. The fourth-order valence-corrected chi connectivity index (χ4v) is 2.19. The quantitative estimate of drug-likeness (QED) is 0.177. The topological polar surface area (TPSA) is 144 Å². The standard InChI is InChI=1S/C16H19Cl6NO10/c1-7(33-8(24)3-29-2)12(25)23-16(4-30-13(26)9(17)18,5-31-14(27)10(19)20)6-32-15(28)11(21)22/h7,9-11H,3-6H2,1-2H3,(H,23,25). The van der Waals surface area contributed by atoms with Crippen molar-refractivity contribution < 1.29 is 47.7 Å². The van der Waals surface area contributed by atoms with E-state index in [-0.39, 0.29) is 0 Å². The van der Waals surface area contributed by atoms with Crippen LogP contribution in [0.5, 0.6) is 0 Å².